The van der Waals surface area contributed by atoms with Crippen molar-refractivity contribution < 1.29 is 27.4 Å². The highest BCUT2D eigenvalue weighted by atomic mass is 32.2. The number of methoxy groups -OCH3 is 1. The third kappa shape index (κ3) is 5.09. The Labute approximate surface area is 199 Å². The predicted octanol–water partition coefficient (Wildman–Crippen LogP) is 3.54. The molecule has 8 nitrogen and oxygen atoms in total. The average molecular weight is 483 g/mol. The molecule has 0 radical (unpaired) electrons. The summed E-state index contributed by atoms with van der Waals surface area (Å²) in [6.07, 6.45) is 0. The van der Waals surface area contributed by atoms with E-state index >= 15 is 0 Å². The second kappa shape index (κ2) is 10.0. The van der Waals surface area contributed by atoms with Crippen LogP contribution >= 0.6 is 0 Å². The van der Waals surface area contributed by atoms with Crippen molar-refractivity contribution in [3.8, 4) is 17.2 Å². The van der Waals surface area contributed by atoms with Crippen molar-refractivity contribution in [3.63, 3.8) is 0 Å². The number of hydrogen-bond donors (Lipinski definition) is 1. The van der Waals surface area contributed by atoms with Crippen LogP contribution in [-0.4, -0.2) is 41.2 Å². The molecule has 0 unspecified atom stereocenters. The van der Waals surface area contributed by atoms with Gasteiger partial charge in [0, 0.05) is 6.07 Å². The molecular formula is C25H26N2O6S. The number of sulfonamides is 1. The number of hydrogen-bond acceptors (Lipinski definition) is 6. The second-order valence-corrected chi connectivity index (χ2v) is 9.58. The maximum Gasteiger partial charge on any atom is 0.264 e. The normalized spacial score (nSPS) is 13.6. The van der Waals surface area contributed by atoms with Gasteiger partial charge in [-0.3, -0.25) is 9.10 Å². The zero-order chi connectivity index (χ0) is 24.1. The SMILES string of the molecule is COc1ccc([C@@H](C)NC(=O)CN(c2ccc3c(c2)OCCO3)S(=O)(=O)c2ccccc2)cc1. The summed E-state index contributed by atoms with van der Waals surface area (Å²) >= 11 is 0. The van der Waals surface area contributed by atoms with E-state index in [1.165, 1.54) is 12.1 Å². The van der Waals surface area contributed by atoms with Crippen LogP contribution in [0, 0.1) is 0 Å². The van der Waals surface area contributed by atoms with Crippen molar-refractivity contribution in [3.05, 3.63) is 78.4 Å². The quantitative estimate of drug-likeness (QED) is 0.528. The smallest absolute Gasteiger partial charge is 0.264 e. The molecule has 0 aliphatic carbocycles. The number of carbonyl (C=O) groups is 1. The van der Waals surface area contributed by atoms with Gasteiger partial charge < -0.3 is 19.5 Å². The number of benzene rings is 3. The lowest BCUT2D eigenvalue weighted by atomic mass is 10.1. The summed E-state index contributed by atoms with van der Waals surface area (Å²) in [7, 11) is -2.44. The molecule has 0 bridgehead atoms. The lowest BCUT2D eigenvalue weighted by molar-refractivity contribution is -0.120. The van der Waals surface area contributed by atoms with Gasteiger partial charge in [-0.1, -0.05) is 30.3 Å². The van der Waals surface area contributed by atoms with Crippen molar-refractivity contribution in [2.75, 3.05) is 31.2 Å². The van der Waals surface area contributed by atoms with E-state index in [0.717, 1.165) is 9.87 Å². The summed E-state index contributed by atoms with van der Waals surface area (Å²) in [4.78, 5) is 13.1. The Morgan fingerprint density at radius 3 is 2.35 bits per heavy atom. The van der Waals surface area contributed by atoms with Gasteiger partial charge in [0.2, 0.25) is 5.91 Å². The van der Waals surface area contributed by atoms with Gasteiger partial charge in [0.1, 0.15) is 25.5 Å². The highest BCUT2D eigenvalue weighted by molar-refractivity contribution is 7.92. The zero-order valence-corrected chi connectivity index (χ0v) is 19.7. The molecule has 1 N–H and O–H groups in total. The molecule has 1 aliphatic rings. The zero-order valence-electron chi connectivity index (χ0n) is 18.9. The third-order valence-corrected chi connectivity index (χ3v) is 7.21. The molecule has 0 saturated carbocycles. The molecule has 3 aromatic rings. The van der Waals surface area contributed by atoms with E-state index in [-0.39, 0.29) is 10.9 Å². The Hall–Kier alpha value is -3.72. The molecule has 1 aliphatic heterocycles. The van der Waals surface area contributed by atoms with Crippen LogP contribution in [0.25, 0.3) is 0 Å². The van der Waals surface area contributed by atoms with Crippen LogP contribution < -0.4 is 23.8 Å². The van der Waals surface area contributed by atoms with Crippen LogP contribution in [-0.2, 0) is 14.8 Å². The number of nitrogens with one attached hydrogen (secondary N) is 1. The largest absolute Gasteiger partial charge is 0.497 e. The van der Waals surface area contributed by atoms with Crippen molar-refractivity contribution in [2.45, 2.75) is 17.9 Å². The molecule has 1 amide bonds. The van der Waals surface area contributed by atoms with E-state index in [0.29, 0.717) is 36.1 Å². The van der Waals surface area contributed by atoms with Crippen molar-refractivity contribution in [1.29, 1.82) is 0 Å². The van der Waals surface area contributed by atoms with E-state index in [4.69, 9.17) is 14.2 Å². The van der Waals surface area contributed by atoms with E-state index in [1.54, 1.807) is 55.6 Å². The fourth-order valence-electron chi connectivity index (χ4n) is 3.62. The van der Waals surface area contributed by atoms with Gasteiger partial charge in [-0.2, -0.15) is 0 Å². The van der Waals surface area contributed by atoms with Gasteiger partial charge in [-0.25, -0.2) is 8.42 Å². The molecule has 0 saturated heterocycles. The number of anilines is 1. The highest BCUT2D eigenvalue weighted by Gasteiger charge is 2.29. The third-order valence-electron chi connectivity index (χ3n) is 5.43. The first-order valence-corrected chi connectivity index (χ1v) is 12.2. The molecule has 9 heteroatoms. The Kier molecular flexibility index (Phi) is 6.93. The van der Waals surface area contributed by atoms with Crippen LogP contribution in [0.5, 0.6) is 17.2 Å². The molecule has 1 heterocycles. The van der Waals surface area contributed by atoms with Crippen molar-refractivity contribution in [2.24, 2.45) is 0 Å². The number of nitrogens with zero attached hydrogens (tertiary/aromatic N) is 1. The Bertz CT molecular complexity index is 1250. The minimum absolute atomic E-state index is 0.0842. The van der Waals surface area contributed by atoms with Gasteiger partial charge >= 0.3 is 0 Å². The van der Waals surface area contributed by atoms with Crippen molar-refractivity contribution in [1.82, 2.24) is 5.32 Å². The molecule has 34 heavy (non-hydrogen) atoms. The summed E-state index contributed by atoms with van der Waals surface area (Å²) in [5.41, 5.74) is 1.17. The first-order chi connectivity index (χ1) is 16.4. The van der Waals surface area contributed by atoms with Crippen LogP contribution in [0.2, 0.25) is 0 Å². The first-order valence-electron chi connectivity index (χ1n) is 10.8. The molecule has 0 aromatic heterocycles. The first kappa shape index (κ1) is 23.4. The topological polar surface area (TPSA) is 94.2 Å². The summed E-state index contributed by atoms with van der Waals surface area (Å²) in [6.45, 7) is 2.21. The monoisotopic (exact) mass is 482 g/mol. The van der Waals surface area contributed by atoms with Gasteiger partial charge in [-0.05, 0) is 48.9 Å². The molecule has 178 valence electrons. The Morgan fingerprint density at radius 1 is 1.00 bits per heavy atom. The van der Waals surface area contributed by atoms with Crippen LogP contribution in [0.3, 0.4) is 0 Å². The number of ether oxygens (including phenoxy) is 3. The molecule has 4 rings (SSSR count). The minimum Gasteiger partial charge on any atom is -0.497 e. The van der Waals surface area contributed by atoms with Crippen LogP contribution in [0.15, 0.2) is 77.7 Å². The average Bonchev–Trinajstić information content (AvgIpc) is 2.87. The van der Waals surface area contributed by atoms with E-state index < -0.39 is 22.5 Å². The maximum absolute atomic E-state index is 13.5. The fourth-order valence-corrected chi connectivity index (χ4v) is 5.05. The molecule has 0 spiro atoms. The fraction of sp³-hybridized carbons (Fsp3) is 0.240. The number of fused-ring (bicyclic) bond motifs is 1. The molecule has 3 aromatic carbocycles. The van der Waals surface area contributed by atoms with Gasteiger partial charge in [-0.15, -0.1) is 0 Å². The van der Waals surface area contributed by atoms with Crippen LogP contribution in [0.1, 0.15) is 18.5 Å². The maximum atomic E-state index is 13.5. The van der Waals surface area contributed by atoms with Gasteiger partial charge in [0.15, 0.2) is 11.5 Å². The Morgan fingerprint density at radius 2 is 1.68 bits per heavy atom. The van der Waals surface area contributed by atoms with E-state index in [1.807, 2.05) is 19.1 Å². The summed E-state index contributed by atoms with van der Waals surface area (Å²) in [5, 5.41) is 2.88. The van der Waals surface area contributed by atoms with Gasteiger partial charge in [0.05, 0.1) is 23.7 Å². The molecular weight excluding hydrogens is 456 g/mol. The lowest BCUT2D eigenvalue weighted by Gasteiger charge is -2.27. The number of amides is 1. The van der Waals surface area contributed by atoms with Crippen molar-refractivity contribution >= 4 is 21.6 Å². The van der Waals surface area contributed by atoms with E-state index in [9.17, 15) is 13.2 Å². The van der Waals surface area contributed by atoms with Gasteiger partial charge in [0.25, 0.3) is 10.0 Å². The predicted molar refractivity (Wildman–Crippen MR) is 128 cm³/mol. The minimum atomic E-state index is -4.03. The molecule has 0 fully saturated rings. The Balaban J connectivity index is 1.61. The van der Waals surface area contributed by atoms with E-state index in [2.05, 4.69) is 5.32 Å². The standard InChI is InChI=1S/C25H26N2O6S/c1-18(19-8-11-21(31-2)12-9-19)26-25(28)17-27(34(29,30)22-6-4-3-5-7-22)20-10-13-23-24(16-20)33-15-14-32-23/h3-13,16,18H,14-15,17H2,1-2H3,(H,26,28)/t18-/m1/s1. The summed E-state index contributed by atoms with van der Waals surface area (Å²) in [5.74, 6) is 1.23. The molecule has 1 atom stereocenters. The second-order valence-electron chi connectivity index (χ2n) is 7.72. The lowest BCUT2D eigenvalue weighted by Crippen LogP contribution is -2.41. The number of carbonyl (C=O) groups excluding carboxylic acids is 1. The van der Waals surface area contributed by atoms with Crippen LogP contribution in [0.4, 0.5) is 5.69 Å². The summed E-state index contributed by atoms with van der Waals surface area (Å²) < 4.78 is 44.5. The highest BCUT2D eigenvalue weighted by Crippen LogP contribution is 2.35. The summed E-state index contributed by atoms with van der Waals surface area (Å²) in [6, 6.07) is 19.8. The number of rotatable bonds is 8.